The Balaban J connectivity index is 1.90. The zero-order valence-electron chi connectivity index (χ0n) is 13.8. The zero-order chi connectivity index (χ0) is 17.5. The summed E-state index contributed by atoms with van der Waals surface area (Å²) in [6.45, 7) is 3.75. The molecule has 1 saturated heterocycles. The molecule has 128 valence electrons. The van der Waals surface area contributed by atoms with Crippen LogP contribution in [0.4, 0.5) is 0 Å². The van der Waals surface area contributed by atoms with Crippen LogP contribution in [0.3, 0.4) is 0 Å². The molecule has 0 radical (unpaired) electrons. The summed E-state index contributed by atoms with van der Waals surface area (Å²) in [6.07, 6.45) is 1.70. The zero-order valence-corrected chi connectivity index (χ0v) is 14.6. The van der Waals surface area contributed by atoms with Gasteiger partial charge in [-0.2, -0.15) is 5.10 Å². The van der Waals surface area contributed by atoms with E-state index in [1.54, 1.807) is 13.3 Å². The number of benzene rings is 1. The van der Waals surface area contributed by atoms with E-state index in [1.165, 1.54) is 11.8 Å². The fourth-order valence-corrected chi connectivity index (χ4v) is 2.90. The van der Waals surface area contributed by atoms with Gasteiger partial charge >= 0.3 is 0 Å². The van der Waals surface area contributed by atoms with Gasteiger partial charge in [0.25, 0.3) is 0 Å². The van der Waals surface area contributed by atoms with Crippen molar-refractivity contribution in [3.05, 3.63) is 29.8 Å². The van der Waals surface area contributed by atoms with Crippen LogP contribution in [0.2, 0.25) is 0 Å². The number of nitrogens with one attached hydrogen (secondary N) is 2. The minimum Gasteiger partial charge on any atom is -0.497 e. The number of hydrogen-bond acceptors (Lipinski definition) is 6. The van der Waals surface area contributed by atoms with Crippen molar-refractivity contribution in [1.29, 1.82) is 0 Å². The topological polar surface area (TPSA) is 92.2 Å². The lowest BCUT2D eigenvalue weighted by atomic mass is 10.2. The quantitative estimate of drug-likeness (QED) is 0.602. The molecule has 0 spiro atoms. The Morgan fingerprint density at radius 2 is 2.12 bits per heavy atom. The van der Waals surface area contributed by atoms with Gasteiger partial charge in [0.1, 0.15) is 11.0 Å². The number of amides is 2. The second kappa shape index (κ2) is 8.49. The molecule has 1 heterocycles. The van der Waals surface area contributed by atoms with Gasteiger partial charge in [0.05, 0.1) is 13.3 Å². The monoisotopic (exact) mass is 348 g/mol. The molecule has 2 amide bonds. The van der Waals surface area contributed by atoms with Crippen molar-refractivity contribution in [2.75, 3.05) is 7.11 Å². The van der Waals surface area contributed by atoms with E-state index in [0.717, 1.165) is 11.3 Å². The highest BCUT2D eigenvalue weighted by Crippen LogP contribution is 2.22. The van der Waals surface area contributed by atoms with Crippen LogP contribution in [0.5, 0.6) is 5.75 Å². The third-order valence-electron chi connectivity index (χ3n) is 3.07. The van der Waals surface area contributed by atoms with Gasteiger partial charge in [0, 0.05) is 12.5 Å². The Labute approximate surface area is 144 Å². The van der Waals surface area contributed by atoms with Crippen molar-refractivity contribution in [3.8, 4) is 5.75 Å². The van der Waals surface area contributed by atoms with Crippen LogP contribution in [0.25, 0.3) is 0 Å². The van der Waals surface area contributed by atoms with Crippen molar-refractivity contribution < 1.29 is 14.3 Å². The van der Waals surface area contributed by atoms with E-state index in [2.05, 4.69) is 20.8 Å². The molecule has 0 aliphatic carbocycles. The maximum atomic E-state index is 11.9. The van der Waals surface area contributed by atoms with Crippen LogP contribution < -0.4 is 15.4 Å². The number of amidine groups is 1. The molecule has 1 aliphatic heterocycles. The fraction of sp³-hybridized carbons (Fsp3) is 0.375. The first-order valence-electron chi connectivity index (χ1n) is 7.50. The third kappa shape index (κ3) is 5.38. The smallest absolute Gasteiger partial charge is 0.240 e. The Bertz CT molecular complexity index is 656. The second-order valence-electron chi connectivity index (χ2n) is 5.44. The number of carbonyl (C=O) groups is 2. The lowest BCUT2D eigenvalue weighted by Gasteiger charge is -2.09. The van der Waals surface area contributed by atoms with Crippen LogP contribution >= 0.6 is 11.8 Å². The first kappa shape index (κ1) is 18.0. The minimum atomic E-state index is -0.473. The molecular weight excluding hydrogens is 328 g/mol. The van der Waals surface area contributed by atoms with Gasteiger partial charge < -0.3 is 15.4 Å². The van der Waals surface area contributed by atoms with Gasteiger partial charge in [0.15, 0.2) is 5.17 Å². The lowest BCUT2D eigenvalue weighted by molar-refractivity contribution is -0.125. The first-order chi connectivity index (χ1) is 11.5. The number of ether oxygens (including phenoxy) is 1. The molecule has 1 atom stereocenters. The normalized spacial score (nSPS) is 19.1. The highest BCUT2D eigenvalue weighted by Gasteiger charge is 2.32. The first-order valence-corrected chi connectivity index (χ1v) is 8.38. The van der Waals surface area contributed by atoms with Crippen LogP contribution in [-0.2, 0) is 9.59 Å². The fourth-order valence-electron chi connectivity index (χ4n) is 1.97. The van der Waals surface area contributed by atoms with Crippen molar-refractivity contribution in [1.82, 2.24) is 10.6 Å². The number of nitrogens with zero attached hydrogens (tertiary/aromatic N) is 2. The predicted molar refractivity (Wildman–Crippen MR) is 95.4 cm³/mol. The van der Waals surface area contributed by atoms with E-state index in [9.17, 15) is 9.59 Å². The SMILES string of the molecule is COc1ccc(/C=N\N=C2/NC(=O)[C@H](CC(=O)NC(C)C)S2)cc1. The number of thioether (sulfide) groups is 1. The number of methoxy groups -OCH3 is 1. The molecule has 1 aromatic rings. The molecule has 2 rings (SSSR count). The van der Waals surface area contributed by atoms with E-state index in [-0.39, 0.29) is 24.3 Å². The summed E-state index contributed by atoms with van der Waals surface area (Å²) >= 11 is 1.21. The molecule has 1 aromatic carbocycles. The van der Waals surface area contributed by atoms with Crippen molar-refractivity contribution in [3.63, 3.8) is 0 Å². The van der Waals surface area contributed by atoms with Crippen LogP contribution in [0.15, 0.2) is 34.5 Å². The molecule has 1 aliphatic rings. The van der Waals surface area contributed by atoms with Crippen LogP contribution in [0.1, 0.15) is 25.8 Å². The Morgan fingerprint density at radius 1 is 1.42 bits per heavy atom. The third-order valence-corrected chi connectivity index (χ3v) is 4.14. The van der Waals surface area contributed by atoms with Crippen LogP contribution in [-0.4, -0.2) is 41.6 Å². The van der Waals surface area contributed by atoms with Gasteiger partial charge in [0.2, 0.25) is 11.8 Å². The summed E-state index contributed by atoms with van der Waals surface area (Å²) < 4.78 is 5.08. The average Bonchev–Trinajstić information content (AvgIpc) is 2.87. The maximum Gasteiger partial charge on any atom is 0.240 e. The highest BCUT2D eigenvalue weighted by molar-refractivity contribution is 8.15. The summed E-state index contributed by atoms with van der Waals surface area (Å²) in [5.74, 6) is 0.387. The van der Waals surface area contributed by atoms with Gasteiger partial charge in [-0.15, -0.1) is 5.10 Å². The molecular formula is C16H20N4O3S. The van der Waals surface area contributed by atoms with E-state index < -0.39 is 5.25 Å². The van der Waals surface area contributed by atoms with Crippen molar-refractivity contribution >= 4 is 35.0 Å². The van der Waals surface area contributed by atoms with Gasteiger partial charge in [-0.05, 0) is 43.7 Å². The number of rotatable bonds is 6. The van der Waals surface area contributed by atoms with E-state index >= 15 is 0 Å². The Hall–Kier alpha value is -2.35. The average molecular weight is 348 g/mol. The predicted octanol–water partition coefficient (Wildman–Crippen LogP) is 1.53. The molecule has 24 heavy (non-hydrogen) atoms. The lowest BCUT2D eigenvalue weighted by Crippen LogP contribution is -2.34. The Morgan fingerprint density at radius 3 is 2.75 bits per heavy atom. The van der Waals surface area contributed by atoms with E-state index in [0.29, 0.717) is 5.17 Å². The van der Waals surface area contributed by atoms with Crippen molar-refractivity contribution in [2.45, 2.75) is 31.6 Å². The standard InChI is InChI=1S/C16H20N4O3S/c1-10(2)18-14(21)8-13-15(22)19-16(24-13)20-17-9-11-4-6-12(23-3)7-5-11/h4-7,9-10,13H,8H2,1-3H3,(H,18,21)(H,19,20,22)/b17-9-/t13-/m0/s1. The second-order valence-corrected chi connectivity index (χ2v) is 6.64. The molecule has 1 fully saturated rings. The molecule has 2 N–H and O–H groups in total. The number of carbonyl (C=O) groups excluding carboxylic acids is 2. The maximum absolute atomic E-state index is 11.9. The van der Waals surface area contributed by atoms with E-state index in [4.69, 9.17) is 4.74 Å². The summed E-state index contributed by atoms with van der Waals surface area (Å²) in [6, 6.07) is 7.40. The molecule has 0 aromatic heterocycles. The summed E-state index contributed by atoms with van der Waals surface area (Å²) in [5, 5.41) is 13.3. The molecule has 7 nitrogen and oxygen atoms in total. The number of hydrogen-bond donors (Lipinski definition) is 2. The highest BCUT2D eigenvalue weighted by atomic mass is 32.2. The van der Waals surface area contributed by atoms with Crippen molar-refractivity contribution in [2.24, 2.45) is 10.2 Å². The van der Waals surface area contributed by atoms with Crippen LogP contribution in [0, 0.1) is 0 Å². The van der Waals surface area contributed by atoms with Gasteiger partial charge in [-0.3, -0.25) is 9.59 Å². The summed E-state index contributed by atoms with van der Waals surface area (Å²) in [7, 11) is 1.60. The molecule has 0 saturated carbocycles. The van der Waals surface area contributed by atoms with Gasteiger partial charge in [-0.25, -0.2) is 0 Å². The van der Waals surface area contributed by atoms with Gasteiger partial charge in [-0.1, -0.05) is 11.8 Å². The molecule has 0 unspecified atom stereocenters. The summed E-state index contributed by atoms with van der Waals surface area (Å²) in [4.78, 5) is 23.6. The molecule has 8 heteroatoms. The molecule has 0 bridgehead atoms. The largest absolute Gasteiger partial charge is 0.497 e. The summed E-state index contributed by atoms with van der Waals surface area (Å²) in [5.41, 5.74) is 0.863. The Kier molecular flexibility index (Phi) is 6.36. The van der Waals surface area contributed by atoms with E-state index in [1.807, 2.05) is 38.1 Å². The minimum absolute atomic E-state index is 0.0502.